The molecule has 0 saturated carbocycles. The lowest BCUT2D eigenvalue weighted by Gasteiger charge is -2.12. The minimum Gasteiger partial charge on any atom is -0.404 e. The molecule has 0 aromatic heterocycles. The van der Waals surface area contributed by atoms with Crippen molar-refractivity contribution in [3.8, 4) is 0 Å². The highest BCUT2D eigenvalue weighted by Gasteiger charge is 2.15. The summed E-state index contributed by atoms with van der Waals surface area (Å²) in [5, 5.41) is 0. The second kappa shape index (κ2) is 6.84. The largest absolute Gasteiger partial charge is 0.404 e. The third-order valence-corrected chi connectivity index (χ3v) is 2.99. The number of allylic oxidation sites excluding steroid dienone is 1. The van der Waals surface area contributed by atoms with Gasteiger partial charge >= 0.3 is 0 Å². The minimum absolute atomic E-state index is 0.972. The summed E-state index contributed by atoms with van der Waals surface area (Å²) in [5.41, 5.74) is 10.4. The smallest absolute Gasteiger partial charge is 0.0397 e. The van der Waals surface area contributed by atoms with Crippen molar-refractivity contribution in [2.45, 2.75) is 20.3 Å². The fraction of sp³-hybridized carbons (Fsp3) is 0.400. The van der Waals surface area contributed by atoms with Gasteiger partial charge in [0.05, 0.1) is 0 Å². The molecule has 1 aliphatic rings. The van der Waals surface area contributed by atoms with Crippen LogP contribution < -0.4 is 10.6 Å². The van der Waals surface area contributed by atoms with E-state index in [1.165, 1.54) is 11.3 Å². The van der Waals surface area contributed by atoms with E-state index in [4.69, 9.17) is 5.73 Å². The number of hydrogen-bond acceptors (Lipinski definition) is 3. The van der Waals surface area contributed by atoms with Crippen LogP contribution in [0.3, 0.4) is 0 Å². The lowest BCUT2D eigenvalue weighted by atomic mass is 10.0. The van der Waals surface area contributed by atoms with Crippen molar-refractivity contribution in [1.82, 2.24) is 0 Å². The second-order valence-electron chi connectivity index (χ2n) is 4.02. The average molecular weight is 245 g/mol. The van der Waals surface area contributed by atoms with E-state index in [1.54, 1.807) is 19.5 Å². The third kappa shape index (κ3) is 2.92. The maximum atomic E-state index is 5.60. The highest BCUT2D eigenvalue weighted by atomic mass is 15.1. The number of hydrogen-bond donors (Lipinski definition) is 1. The van der Waals surface area contributed by atoms with Gasteiger partial charge in [-0.2, -0.15) is 0 Å². The first-order valence-electron chi connectivity index (χ1n) is 6.44. The zero-order valence-electron chi connectivity index (χ0n) is 11.8. The lowest BCUT2D eigenvalue weighted by Crippen LogP contribution is -2.12. The molecular formula is C15H23N3. The normalized spacial score (nSPS) is 14.4. The van der Waals surface area contributed by atoms with Crippen molar-refractivity contribution in [2.75, 3.05) is 25.5 Å². The summed E-state index contributed by atoms with van der Waals surface area (Å²) in [7, 11) is 3.88. The van der Waals surface area contributed by atoms with Crippen molar-refractivity contribution in [1.29, 1.82) is 0 Å². The number of aliphatic imine (C=N–C) groups is 1. The summed E-state index contributed by atoms with van der Waals surface area (Å²) in [5.74, 6) is 0. The highest BCUT2D eigenvalue weighted by Crippen LogP contribution is 2.29. The number of anilines is 1. The molecule has 2 rings (SSSR count). The van der Waals surface area contributed by atoms with Gasteiger partial charge in [0.15, 0.2) is 0 Å². The summed E-state index contributed by atoms with van der Waals surface area (Å²) in [6.45, 7) is 5.10. The van der Waals surface area contributed by atoms with E-state index in [0.29, 0.717) is 0 Å². The molecule has 0 fully saturated rings. The Kier molecular flexibility index (Phi) is 5.43. The van der Waals surface area contributed by atoms with Gasteiger partial charge in [0, 0.05) is 44.3 Å². The zero-order chi connectivity index (χ0) is 13.5. The van der Waals surface area contributed by atoms with Gasteiger partial charge < -0.3 is 10.6 Å². The van der Waals surface area contributed by atoms with E-state index in [-0.39, 0.29) is 0 Å². The van der Waals surface area contributed by atoms with Gasteiger partial charge in [-0.05, 0) is 29.7 Å². The molecule has 2 N–H and O–H groups in total. The van der Waals surface area contributed by atoms with Crippen molar-refractivity contribution >= 4 is 17.5 Å². The predicted octanol–water partition coefficient (Wildman–Crippen LogP) is 2.71. The van der Waals surface area contributed by atoms with Gasteiger partial charge in [0.2, 0.25) is 0 Å². The van der Waals surface area contributed by atoms with Crippen molar-refractivity contribution in [3.05, 3.63) is 35.5 Å². The van der Waals surface area contributed by atoms with Crippen LogP contribution in [-0.4, -0.2) is 26.9 Å². The summed E-state index contributed by atoms with van der Waals surface area (Å²) in [4.78, 5) is 6.28. The molecule has 0 saturated heterocycles. The number of nitrogens with zero attached hydrogens (tertiary/aromatic N) is 2. The summed E-state index contributed by atoms with van der Waals surface area (Å²) in [6.07, 6.45) is 4.51. The molecule has 1 heterocycles. The molecule has 1 aliphatic heterocycles. The summed E-state index contributed by atoms with van der Waals surface area (Å²) in [6, 6.07) is 6.46. The Bertz CT molecular complexity index is 447. The van der Waals surface area contributed by atoms with Gasteiger partial charge in [-0.1, -0.05) is 19.9 Å². The molecule has 18 heavy (non-hydrogen) atoms. The molecule has 98 valence electrons. The van der Waals surface area contributed by atoms with Crippen molar-refractivity contribution in [2.24, 2.45) is 10.7 Å². The van der Waals surface area contributed by atoms with Crippen LogP contribution in [0.25, 0.3) is 5.57 Å². The van der Waals surface area contributed by atoms with E-state index < -0.39 is 0 Å². The van der Waals surface area contributed by atoms with Gasteiger partial charge in [0.1, 0.15) is 0 Å². The van der Waals surface area contributed by atoms with Crippen LogP contribution in [0, 0.1) is 0 Å². The van der Waals surface area contributed by atoms with Crippen LogP contribution in [0.4, 0.5) is 5.69 Å². The number of rotatable bonds is 2. The number of fused-ring (bicyclic) bond motifs is 1. The van der Waals surface area contributed by atoms with Gasteiger partial charge in [0.25, 0.3) is 0 Å². The average Bonchev–Trinajstić information content (AvgIpc) is 2.79. The Labute approximate surface area is 110 Å². The molecule has 0 bridgehead atoms. The first kappa shape index (κ1) is 14.3. The molecule has 1 aromatic carbocycles. The predicted molar refractivity (Wildman–Crippen MR) is 81.3 cm³/mol. The number of likely N-dealkylation sites (N-methyl/N-ethyl adjacent to an activating group) is 1. The first-order chi connectivity index (χ1) is 8.76. The van der Waals surface area contributed by atoms with Crippen molar-refractivity contribution in [3.63, 3.8) is 0 Å². The van der Waals surface area contributed by atoms with E-state index in [0.717, 1.165) is 24.1 Å². The van der Waals surface area contributed by atoms with Crippen LogP contribution in [0.1, 0.15) is 25.0 Å². The number of nitrogens with two attached hydrogens (primary N) is 1. The summed E-state index contributed by atoms with van der Waals surface area (Å²) >= 11 is 0. The van der Waals surface area contributed by atoms with Crippen molar-refractivity contribution < 1.29 is 0 Å². The van der Waals surface area contributed by atoms with E-state index in [9.17, 15) is 0 Å². The second-order valence-corrected chi connectivity index (χ2v) is 4.02. The molecule has 0 atom stereocenters. The topological polar surface area (TPSA) is 41.6 Å². The molecule has 0 unspecified atom stereocenters. The fourth-order valence-electron chi connectivity index (χ4n) is 2.10. The Morgan fingerprint density at radius 3 is 2.72 bits per heavy atom. The highest BCUT2D eigenvalue weighted by molar-refractivity contribution is 6.09. The van der Waals surface area contributed by atoms with Crippen LogP contribution in [0.15, 0.2) is 29.4 Å². The number of benzene rings is 1. The maximum absolute atomic E-state index is 5.60. The Balaban J connectivity index is 0.000000771. The van der Waals surface area contributed by atoms with E-state index in [1.807, 2.05) is 13.8 Å². The molecule has 0 spiro atoms. The molecule has 3 heteroatoms. The third-order valence-electron chi connectivity index (χ3n) is 2.99. The zero-order valence-corrected chi connectivity index (χ0v) is 11.8. The fourth-order valence-corrected chi connectivity index (χ4v) is 2.10. The first-order valence-corrected chi connectivity index (χ1v) is 6.44. The SMILES string of the molecule is CC.CN=C/C(=C\N)c1ccc2c(c1)CCN2C. The minimum atomic E-state index is 0.972. The van der Waals surface area contributed by atoms with Crippen LogP contribution in [0.5, 0.6) is 0 Å². The Morgan fingerprint density at radius 1 is 1.39 bits per heavy atom. The monoisotopic (exact) mass is 245 g/mol. The van der Waals surface area contributed by atoms with E-state index >= 15 is 0 Å². The molecule has 0 amide bonds. The van der Waals surface area contributed by atoms with Crippen LogP contribution in [-0.2, 0) is 6.42 Å². The standard InChI is InChI=1S/C13H17N3.C2H6/c1-15-9-12(8-14)10-3-4-13-11(7-10)5-6-16(13)2;1-2/h3-4,7-9H,5-6,14H2,1-2H3;1-2H3/b12-8+,15-9?;. The molecule has 0 aliphatic carbocycles. The quantitative estimate of drug-likeness (QED) is 0.814. The van der Waals surface area contributed by atoms with E-state index in [2.05, 4.69) is 35.1 Å². The summed E-state index contributed by atoms with van der Waals surface area (Å²) < 4.78 is 0. The Morgan fingerprint density at radius 2 is 2.11 bits per heavy atom. The van der Waals surface area contributed by atoms with Crippen LogP contribution in [0.2, 0.25) is 0 Å². The molecule has 0 radical (unpaired) electrons. The molecule has 3 nitrogen and oxygen atoms in total. The van der Waals surface area contributed by atoms with Gasteiger partial charge in [-0.15, -0.1) is 0 Å². The van der Waals surface area contributed by atoms with Gasteiger partial charge in [-0.25, -0.2) is 0 Å². The molecular weight excluding hydrogens is 222 g/mol. The molecule has 1 aromatic rings. The van der Waals surface area contributed by atoms with Crippen LogP contribution >= 0.6 is 0 Å². The Hall–Kier alpha value is -1.77. The lowest BCUT2D eigenvalue weighted by molar-refractivity contribution is 0.956. The van der Waals surface area contributed by atoms with Gasteiger partial charge in [-0.3, -0.25) is 4.99 Å². The maximum Gasteiger partial charge on any atom is 0.0397 e.